The Labute approximate surface area is 125 Å². The molecule has 2 unspecified atom stereocenters. The van der Waals surface area contributed by atoms with Crippen LogP contribution in [-0.4, -0.2) is 18.1 Å². The van der Waals surface area contributed by atoms with E-state index in [4.69, 9.17) is 22.1 Å². The largest absolute Gasteiger partial charge is 0.479 e. The Morgan fingerprint density at radius 3 is 2.75 bits per heavy atom. The van der Waals surface area contributed by atoms with Crippen molar-refractivity contribution in [3.63, 3.8) is 0 Å². The molecule has 0 spiro atoms. The Morgan fingerprint density at radius 2 is 2.15 bits per heavy atom. The minimum absolute atomic E-state index is 0.138. The van der Waals surface area contributed by atoms with Crippen LogP contribution in [0.1, 0.15) is 39.2 Å². The molecule has 0 radical (unpaired) electrons. The zero-order valence-corrected chi connectivity index (χ0v) is 13.0. The molecule has 0 aromatic heterocycles. The number of rotatable bonds is 7. The minimum atomic E-state index is -0.612. The van der Waals surface area contributed by atoms with E-state index in [1.165, 1.54) is 0 Å². The Balaban J connectivity index is 2.70. The van der Waals surface area contributed by atoms with E-state index in [-0.39, 0.29) is 11.9 Å². The maximum absolute atomic E-state index is 12.0. The molecule has 0 heterocycles. The predicted molar refractivity (Wildman–Crippen MR) is 81.9 cm³/mol. The van der Waals surface area contributed by atoms with Crippen LogP contribution in [-0.2, 0) is 11.3 Å². The molecule has 0 aliphatic rings. The molecule has 5 heteroatoms. The van der Waals surface area contributed by atoms with Crippen LogP contribution in [0.2, 0.25) is 5.02 Å². The third-order valence-corrected chi connectivity index (χ3v) is 3.34. The maximum atomic E-state index is 12.0. The molecule has 0 aliphatic heterocycles. The molecule has 0 saturated heterocycles. The van der Waals surface area contributed by atoms with Gasteiger partial charge in [-0.3, -0.25) is 4.79 Å². The van der Waals surface area contributed by atoms with Gasteiger partial charge in [-0.2, -0.15) is 0 Å². The van der Waals surface area contributed by atoms with E-state index in [2.05, 4.69) is 12.2 Å². The summed E-state index contributed by atoms with van der Waals surface area (Å²) >= 11 is 6.10. The summed E-state index contributed by atoms with van der Waals surface area (Å²) in [5.41, 5.74) is 6.44. The molecule has 112 valence electrons. The lowest BCUT2D eigenvalue weighted by Crippen LogP contribution is -2.41. The zero-order chi connectivity index (χ0) is 15.1. The Kier molecular flexibility index (Phi) is 6.82. The van der Waals surface area contributed by atoms with Crippen molar-refractivity contribution in [3.05, 3.63) is 28.8 Å². The fourth-order valence-corrected chi connectivity index (χ4v) is 2.18. The first-order valence-electron chi connectivity index (χ1n) is 6.94. The van der Waals surface area contributed by atoms with Crippen molar-refractivity contribution in [1.82, 2.24) is 5.32 Å². The van der Waals surface area contributed by atoms with Crippen LogP contribution in [0, 0.1) is 0 Å². The number of hydrogen-bond acceptors (Lipinski definition) is 3. The van der Waals surface area contributed by atoms with E-state index in [0.717, 1.165) is 18.4 Å². The average molecular weight is 299 g/mol. The first-order chi connectivity index (χ1) is 9.49. The van der Waals surface area contributed by atoms with Crippen molar-refractivity contribution < 1.29 is 9.53 Å². The molecule has 0 aliphatic carbocycles. The molecule has 3 N–H and O–H groups in total. The van der Waals surface area contributed by atoms with Crippen molar-refractivity contribution in [2.75, 3.05) is 0 Å². The van der Waals surface area contributed by atoms with E-state index in [1.54, 1.807) is 13.0 Å². The molecule has 0 saturated carbocycles. The second kappa shape index (κ2) is 8.12. The van der Waals surface area contributed by atoms with Crippen molar-refractivity contribution >= 4 is 17.5 Å². The van der Waals surface area contributed by atoms with E-state index in [0.29, 0.717) is 17.3 Å². The number of nitrogens with two attached hydrogens (primary N) is 1. The lowest BCUT2D eigenvalue weighted by Gasteiger charge is -2.20. The molecule has 1 aromatic rings. The normalized spacial score (nSPS) is 13.7. The topological polar surface area (TPSA) is 64.3 Å². The van der Waals surface area contributed by atoms with Crippen molar-refractivity contribution in [2.24, 2.45) is 5.73 Å². The van der Waals surface area contributed by atoms with Crippen molar-refractivity contribution in [3.8, 4) is 5.75 Å². The summed E-state index contributed by atoms with van der Waals surface area (Å²) < 4.78 is 5.68. The predicted octanol–water partition coefficient (Wildman–Crippen LogP) is 2.87. The van der Waals surface area contributed by atoms with Gasteiger partial charge in [0.25, 0.3) is 5.91 Å². The van der Waals surface area contributed by atoms with Gasteiger partial charge in [-0.25, -0.2) is 0 Å². The Bertz CT molecular complexity index is 451. The molecule has 2 atom stereocenters. The molecule has 20 heavy (non-hydrogen) atoms. The van der Waals surface area contributed by atoms with Crippen LogP contribution in [0.4, 0.5) is 0 Å². The fraction of sp³-hybridized carbons (Fsp3) is 0.533. The molecule has 1 aromatic carbocycles. The third-order valence-electron chi connectivity index (χ3n) is 3.04. The number of nitrogens with one attached hydrogen (secondary N) is 1. The fourth-order valence-electron chi connectivity index (χ4n) is 1.94. The monoisotopic (exact) mass is 298 g/mol. The number of amides is 1. The summed E-state index contributed by atoms with van der Waals surface area (Å²) in [6, 6.07) is 5.51. The molecular formula is C15H23ClN2O2. The first-order valence-corrected chi connectivity index (χ1v) is 7.31. The Hall–Kier alpha value is -1.26. The summed E-state index contributed by atoms with van der Waals surface area (Å²) in [4.78, 5) is 12.0. The van der Waals surface area contributed by atoms with Crippen LogP contribution in [0.5, 0.6) is 5.75 Å². The zero-order valence-electron chi connectivity index (χ0n) is 12.3. The second-order valence-corrected chi connectivity index (χ2v) is 5.30. The Morgan fingerprint density at radius 1 is 1.45 bits per heavy atom. The van der Waals surface area contributed by atoms with E-state index in [1.807, 2.05) is 19.1 Å². The van der Waals surface area contributed by atoms with Gasteiger partial charge >= 0.3 is 0 Å². The molecule has 0 bridgehead atoms. The molecular weight excluding hydrogens is 276 g/mol. The molecule has 0 fully saturated rings. The number of benzene rings is 1. The maximum Gasteiger partial charge on any atom is 0.260 e. The van der Waals surface area contributed by atoms with E-state index >= 15 is 0 Å². The van der Waals surface area contributed by atoms with Crippen molar-refractivity contribution in [1.29, 1.82) is 0 Å². The highest BCUT2D eigenvalue weighted by Crippen LogP contribution is 2.29. The van der Waals surface area contributed by atoms with Gasteiger partial charge in [0.1, 0.15) is 5.75 Å². The van der Waals surface area contributed by atoms with Gasteiger partial charge in [0.15, 0.2) is 6.10 Å². The number of carbonyl (C=O) groups is 1. The van der Waals surface area contributed by atoms with Gasteiger partial charge in [-0.15, -0.1) is 0 Å². The highest BCUT2D eigenvalue weighted by molar-refractivity contribution is 6.32. The van der Waals surface area contributed by atoms with E-state index < -0.39 is 6.10 Å². The molecule has 4 nitrogen and oxygen atoms in total. The summed E-state index contributed by atoms with van der Waals surface area (Å²) in [7, 11) is 0. The molecule has 1 rings (SSSR count). The summed E-state index contributed by atoms with van der Waals surface area (Å²) in [6.45, 7) is 6.09. The number of halogens is 1. The van der Waals surface area contributed by atoms with Gasteiger partial charge < -0.3 is 15.8 Å². The molecule has 1 amide bonds. The standard InChI is InChI=1S/C15H23ClN2O2/c1-4-6-10(2)18-15(19)11(3)20-14-12(9-17)7-5-8-13(14)16/h5,7-8,10-11H,4,6,9,17H2,1-3H3,(H,18,19). The second-order valence-electron chi connectivity index (χ2n) is 4.89. The van der Waals surface area contributed by atoms with Crippen LogP contribution in [0.25, 0.3) is 0 Å². The van der Waals surface area contributed by atoms with Gasteiger partial charge in [0.05, 0.1) is 5.02 Å². The lowest BCUT2D eigenvalue weighted by molar-refractivity contribution is -0.127. The van der Waals surface area contributed by atoms with Crippen molar-refractivity contribution in [2.45, 2.75) is 52.3 Å². The SMILES string of the molecule is CCCC(C)NC(=O)C(C)Oc1c(Cl)cccc1CN. The highest BCUT2D eigenvalue weighted by Gasteiger charge is 2.19. The highest BCUT2D eigenvalue weighted by atomic mass is 35.5. The smallest absolute Gasteiger partial charge is 0.260 e. The van der Waals surface area contributed by atoms with E-state index in [9.17, 15) is 4.79 Å². The number of hydrogen-bond donors (Lipinski definition) is 2. The van der Waals surface area contributed by atoms with Crippen LogP contribution >= 0.6 is 11.6 Å². The number of ether oxygens (including phenoxy) is 1. The lowest BCUT2D eigenvalue weighted by atomic mass is 10.2. The van der Waals surface area contributed by atoms with Gasteiger partial charge in [-0.05, 0) is 26.3 Å². The summed E-state index contributed by atoms with van der Waals surface area (Å²) in [5, 5.41) is 3.39. The quantitative estimate of drug-likeness (QED) is 0.813. The number of para-hydroxylation sites is 1. The van der Waals surface area contributed by atoms with Gasteiger partial charge in [0, 0.05) is 18.2 Å². The summed E-state index contributed by atoms with van der Waals surface area (Å²) in [5.74, 6) is 0.344. The number of carbonyl (C=O) groups excluding carboxylic acids is 1. The summed E-state index contributed by atoms with van der Waals surface area (Å²) in [6.07, 6.45) is 1.36. The third kappa shape index (κ3) is 4.69. The minimum Gasteiger partial charge on any atom is -0.479 e. The first kappa shape index (κ1) is 16.8. The van der Waals surface area contributed by atoms with Crippen LogP contribution in [0.15, 0.2) is 18.2 Å². The van der Waals surface area contributed by atoms with Gasteiger partial charge in [-0.1, -0.05) is 37.1 Å². The van der Waals surface area contributed by atoms with Gasteiger partial charge in [0.2, 0.25) is 0 Å². The van der Waals surface area contributed by atoms with Crippen LogP contribution in [0.3, 0.4) is 0 Å². The van der Waals surface area contributed by atoms with Crippen LogP contribution < -0.4 is 15.8 Å². The average Bonchev–Trinajstić information content (AvgIpc) is 2.41.